The van der Waals surface area contributed by atoms with Crippen LogP contribution in [0.2, 0.25) is 0 Å². The Morgan fingerprint density at radius 2 is 1.71 bits per heavy atom. The van der Waals surface area contributed by atoms with Crippen LogP contribution in [0, 0.1) is 0 Å². The van der Waals surface area contributed by atoms with Crippen molar-refractivity contribution in [3.8, 4) is 5.75 Å². The second-order valence-corrected chi connectivity index (χ2v) is 6.16. The Hall–Kier alpha value is -3.03. The van der Waals surface area contributed by atoms with Crippen LogP contribution in [0.5, 0.6) is 5.75 Å². The molecule has 0 unspecified atom stereocenters. The van der Waals surface area contributed by atoms with E-state index in [0.717, 1.165) is 12.1 Å². The first kappa shape index (κ1) is 21.3. The van der Waals surface area contributed by atoms with Crippen molar-refractivity contribution in [2.24, 2.45) is 0 Å². The minimum atomic E-state index is -4.53. The molecule has 28 heavy (non-hydrogen) atoms. The average Bonchev–Trinajstić information content (AvgIpc) is 2.61. The summed E-state index contributed by atoms with van der Waals surface area (Å²) in [4.78, 5) is 23.3. The van der Waals surface area contributed by atoms with Crippen LogP contribution in [0.25, 0.3) is 0 Å². The largest absolute Gasteiger partial charge is 0.491 e. The second-order valence-electron chi connectivity index (χ2n) is 6.16. The van der Waals surface area contributed by atoms with E-state index in [4.69, 9.17) is 4.74 Å². The lowest BCUT2D eigenvalue weighted by Gasteiger charge is -2.15. The van der Waals surface area contributed by atoms with E-state index < -0.39 is 17.6 Å². The smallest absolute Gasteiger partial charge is 0.416 e. The first-order valence-corrected chi connectivity index (χ1v) is 8.69. The molecule has 0 aliphatic heterocycles. The van der Waals surface area contributed by atoms with E-state index in [0.29, 0.717) is 24.3 Å². The van der Waals surface area contributed by atoms with E-state index in [1.807, 2.05) is 6.92 Å². The van der Waals surface area contributed by atoms with Gasteiger partial charge in [-0.1, -0.05) is 19.1 Å². The van der Waals surface area contributed by atoms with Crippen LogP contribution < -0.4 is 15.4 Å². The molecule has 2 N–H and O–H groups in total. The van der Waals surface area contributed by atoms with Crippen LogP contribution in [0.4, 0.5) is 24.5 Å². The lowest BCUT2D eigenvalue weighted by Crippen LogP contribution is -2.16. The van der Waals surface area contributed by atoms with Gasteiger partial charge in [0.25, 0.3) is 0 Å². The molecule has 2 aromatic rings. The normalized spacial score (nSPS) is 11.0. The molecule has 0 radical (unpaired) electrons. The number of alkyl halides is 3. The lowest BCUT2D eigenvalue weighted by atomic mass is 10.1. The average molecular weight is 394 g/mol. The number of halogens is 3. The van der Waals surface area contributed by atoms with Crippen LogP contribution in [-0.4, -0.2) is 18.4 Å². The summed E-state index contributed by atoms with van der Waals surface area (Å²) in [6.07, 6.45) is -3.89. The zero-order valence-electron chi connectivity index (χ0n) is 15.5. The zero-order valence-corrected chi connectivity index (χ0v) is 15.5. The third-order valence-corrected chi connectivity index (χ3v) is 3.68. The van der Waals surface area contributed by atoms with E-state index in [1.54, 1.807) is 24.3 Å². The summed E-state index contributed by atoms with van der Waals surface area (Å²) in [6.45, 7) is 3.57. The minimum absolute atomic E-state index is 0.0249. The highest BCUT2D eigenvalue weighted by Crippen LogP contribution is 2.35. The first-order valence-electron chi connectivity index (χ1n) is 8.69. The fourth-order valence-electron chi connectivity index (χ4n) is 2.43. The molecule has 0 saturated carbocycles. The molecule has 0 aliphatic carbocycles. The Kier molecular flexibility index (Phi) is 7.03. The highest BCUT2D eigenvalue weighted by Gasteiger charge is 2.31. The molecule has 150 valence electrons. The Bertz CT molecular complexity index is 834. The molecule has 2 rings (SSSR count). The molecular formula is C20H21F3N2O3. The fourth-order valence-corrected chi connectivity index (χ4v) is 2.43. The van der Waals surface area contributed by atoms with E-state index in [2.05, 4.69) is 10.6 Å². The molecule has 0 saturated heterocycles. The number of amides is 2. The van der Waals surface area contributed by atoms with Gasteiger partial charge in [0.05, 0.1) is 24.3 Å². The number of hydrogen-bond donors (Lipinski definition) is 2. The molecule has 2 aromatic carbocycles. The molecule has 0 aromatic heterocycles. The predicted molar refractivity (Wildman–Crippen MR) is 100 cm³/mol. The molecule has 2 amide bonds. The third-order valence-electron chi connectivity index (χ3n) is 3.68. The number of benzene rings is 2. The molecular weight excluding hydrogens is 373 g/mol. The summed E-state index contributed by atoms with van der Waals surface area (Å²) in [5.41, 5.74) is 0.342. The fraction of sp³-hybridized carbons (Fsp3) is 0.300. The van der Waals surface area contributed by atoms with E-state index >= 15 is 0 Å². The quantitative estimate of drug-likeness (QED) is 0.719. The molecule has 0 fully saturated rings. The Balaban J connectivity index is 2.13. The predicted octanol–water partition coefficient (Wildman–Crippen LogP) is 4.63. The van der Waals surface area contributed by atoms with E-state index in [1.165, 1.54) is 13.0 Å². The van der Waals surface area contributed by atoms with Crippen molar-refractivity contribution in [2.45, 2.75) is 32.9 Å². The number of anilines is 2. The molecule has 0 spiro atoms. The van der Waals surface area contributed by atoms with Crippen molar-refractivity contribution in [1.29, 1.82) is 0 Å². The van der Waals surface area contributed by atoms with Gasteiger partial charge in [0.15, 0.2) is 0 Å². The Morgan fingerprint density at radius 3 is 2.29 bits per heavy atom. The molecule has 0 bridgehead atoms. The monoisotopic (exact) mass is 394 g/mol. The number of ether oxygens (including phenoxy) is 1. The Morgan fingerprint density at radius 1 is 1.04 bits per heavy atom. The number of hydrogen-bond acceptors (Lipinski definition) is 3. The van der Waals surface area contributed by atoms with Gasteiger partial charge in [0, 0.05) is 12.6 Å². The van der Waals surface area contributed by atoms with E-state index in [9.17, 15) is 22.8 Å². The maximum atomic E-state index is 13.0. The molecule has 8 heteroatoms. The number of nitrogens with one attached hydrogen (secondary N) is 2. The molecule has 0 atom stereocenters. The number of rotatable bonds is 7. The standard InChI is InChI=1S/C20H21F3N2O3/c1-3-10-28-18-9-6-15(20(21,22)23)12-17(18)25-19(27)11-14-4-7-16(8-5-14)24-13(2)26/h4-9,12H,3,10-11H2,1-2H3,(H,24,26)(H,25,27). The van der Waals surface area contributed by atoms with Crippen molar-refractivity contribution in [3.05, 3.63) is 53.6 Å². The summed E-state index contributed by atoms with van der Waals surface area (Å²) in [5.74, 6) is -0.508. The molecule has 0 aliphatic rings. The van der Waals surface area contributed by atoms with E-state index in [-0.39, 0.29) is 23.8 Å². The maximum Gasteiger partial charge on any atom is 0.416 e. The number of carbonyl (C=O) groups is 2. The highest BCUT2D eigenvalue weighted by molar-refractivity contribution is 5.94. The Labute approximate surface area is 160 Å². The van der Waals surface area contributed by atoms with Gasteiger partial charge in [-0.3, -0.25) is 9.59 Å². The third kappa shape index (κ3) is 6.29. The van der Waals surface area contributed by atoms with Crippen molar-refractivity contribution in [3.63, 3.8) is 0 Å². The zero-order chi connectivity index (χ0) is 20.7. The lowest BCUT2D eigenvalue weighted by molar-refractivity contribution is -0.137. The summed E-state index contributed by atoms with van der Waals surface area (Å²) in [7, 11) is 0. The van der Waals surface area contributed by atoms with Crippen LogP contribution in [0.1, 0.15) is 31.4 Å². The van der Waals surface area contributed by atoms with Gasteiger partial charge in [-0.25, -0.2) is 0 Å². The van der Waals surface area contributed by atoms with Crippen molar-refractivity contribution in [1.82, 2.24) is 0 Å². The first-order chi connectivity index (χ1) is 13.2. The van der Waals surface area contributed by atoms with Gasteiger partial charge in [-0.15, -0.1) is 0 Å². The van der Waals surface area contributed by atoms with Gasteiger partial charge in [-0.2, -0.15) is 13.2 Å². The van der Waals surface area contributed by atoms with Crippen molar-refractivity contribution in [2.75, 3.05) is 17.2 Å². The van der Waals surface area contributed by atoms with Crippen molar-refractivity contribution < 1.29 is 27.5 Å². The topological polar surface area (TPSA) is 67.4 Å². The number of carbonyl (C=O) groups excluding carboxylic acids is 2. The van der Waals surface area contributed by atoms with Crippen molar-refractivity contribution >= 4 is 23.2 Å². The minimum Gasteiger partial charge on any atom is -0.491 e. The second kappa shape index (κ2) is 9.25. The molecule has 0 heterocycles. The van der Waals surface area contributed by atoms with Gasteiger partial charge in [-0.05, 0) is 42.3 Å². The van der Waals surface area contributed by atoms with Gasteiger partial charge in [0.1, 0.15) is 5.75 Å². The van der Waals surface area contributed by atoms with Crippen LogP contribution in [0.3, 0.4) is 0 Å². The van der Waals surface area contributed by atoms with Crippen LogP contribution >= 0.6 is 0 Å². The summed E-state index contributed by atoms with van der Waals surface area (Å²) in [5, 5.41) is 5.10. The highest BCUT2D eigenvalue weighted by atomic mass is 19.4. The summed E-state index contributed by atoms with van der Waals surface area (Å²) in [6, 6.07) is 9.59. The van der Waals surface area contributed by atoms with Crippen LogP contribution in [0.15, 0.2) is 42.5 Å². The van der Waals surface area contributed by atoms with Gasteiger partial charge >= 0.3 is 6.18 Å². The molecule has 5 nitrogen and oxygen atoms in total. The SMILES string of the molecule is CCCOc1ccc(C(F)(F)F)cc1NC(=O)Cc1ccc(NC(C)=O)cc1. The maximum absolute atomic E-state index is 13.0. The summed E-state index contributed by atoms with van der Waals surface area (Å²) >= 11 is 0. The van der Waals surface area contributed by atoms with Gasteiger partial charge in [0.2, 0.25) is 11.8 Å². The van der Waals surface area contributed by atoms with Gasteiger partial charge < -0.3 is 15.4 Å². The van der Waals surface area contributed by atoms with Crippen LogP contribution in [-0.2, 0) is 22.2 Å². The summed E-state index contributed by atoms with van der Waals surface area (Å²) < 4.78 is 44.4.